The van der Waals surface area contributed by atoms with Crippen LogP contribution in [-0.4, -0.2) is 14.6 Å². The van der Waals surface area contributed by atoms with Crippen molar-refractivity contribution in [3.8, 4) is 11.1 Å². The van der Waals surface area contributed by atoms with Gasteiger partial charge >= 0.3 is 0 Å². The van der Waals surface area contributed by atoms with Crippen molar-refractivity contribution >= 4 is 40.4 Å². The highest BCUT2D eigenvalue weighted by molar-refractivity contribution is 6.35. The lowest BCUT2D eigenvalue weighted by Crippen LogP contribution is -2.02. The maximum Gasteiger partial charge on any atom is 0.165 e. The molecule has 2 heterocycles. The molecule has 4 rings (SSSR count). The van der Waals surface area contributed by atoms with E-state index in [0.29, 0.717) is 10.0 Å². The molecule has 0 saturated carbocycles. The SMILES string of the molecule is Cc1cc(Nc2cc(Cl)cc(Cl)c2)n2nc(C)c(-c3ccccc3)c2n1. The van der Waals surface area contributed by atoms with E-state index in [9.17, 15) is 0 Å². The number of nitrogens with one attached hydrogen (secondary N) is 1. The zero-order valence-electron chi connectivity index (χ0n) is 14.3. The Kier molecular flexibility index (Phi) is 4.31. The Bertz CT molecular complexity index is 1080. The van der Waals surface area contributed by atoms with Gasteiger partial charge in [-0.2, -0.15) is 9.61 Å². The summed E-state index contributed by atoms with van der Waals surface area (Å²) in [5, 5.41) is 9.20. The molecule has 4 nitrogen and oxygen atoms in total. The number of hydrogen-bond donors (Lipinski definition) is 1. The Balaban J connectivity index is 1.89. The van der Waals surface area contributed by atoms with Gasteiger partial charge < -0.3 is 5.32 Å². The molecule has 0 spiro atoms. The van der Waals surface area contributed by atoms with Gasteiger partial charge in [-0.1, -0.05) is 53.5 Å². The maximum atomic E-state index is 6.12. The van der Waals surface area contributed by atoms with Crippen molar-refractivity contribution < 1.29 is 0 Å². The first-order valence-corrected chi connectivity index (χ1v) is 8.92. The molecule has 4 aromatic rings. The van der Waals surface area contributed by atoms with Gasteiger partial charge in [-0.05, 0) is 37.6 Å². The Labute approximate surface area is 161 Å². The van der Waals surface area contributed by atoms with Crippen LogP contribution in [-0.2, 0) is 0 Å². The minimum Gasteiger partial charge on any atom is -0.340 e. The van der Waals surface area contributed by atoms with E-state index in [-0.39, 0.29) is 0 Å². The lowest BCUT2D eigenvalue weighted by Gasteiger charge is -2.10. The van der Waals surface area contributed by atoms with Gasteiger partial charge in [0.2, 0.25) is 0 Å². The van der Waals surface area contributed by atoms with E-state index in [4.69, 9.17) is 33.3 Å². The molecular weight excluding hydrogens is 367 g/mol. The van der Waals surface area contributed by atoms with Crippen LogP contribution in [0, 0.1) is 13.8 Å². The average Bonchev–Trinajstić information content (AvgIpc) is 2.91. The fourth-order valence-corrected chi connectivity index (χ4v) is 3.58. The summed E-state index contributed by atoms with van der Waals surface area (Å²) in [5.41, 5.74) is 5.54. The van der Waals surface area contributed by atoms with Crippen molar-refractivity contribution in [2.24, 2.45) is 0 Å². The average molecular weight is 383 g/mol. The summed E-state index contributed by atoms with van der Waals surface area (Å²) in [5.74, 6) is 0.802. The van der Waals surface area contributed by atoms with Crippen molar-refractivity contribution in [1.82, 2.24) is 14.6 Å². The molecule has 2 aromatic heterocycles. The number of anilines is 2. The fourth-order valence-electron chi connectivity index (χ4n) is 3.05. The number of fused-ring (bicyclic) bond motifs is 1. The van der Waals surface area contributed by atoms with E-state index in [0.717, 1.165) is 39.7 Å². The number of aromatic nitrogens is 3. The predicted octanol–water partition coefficient (Wildman–Crippen LogP) is 6.06. The monoisotopic (exact) mass is 382 g/mol. The van der Waals surface area contributed by atoms with Crippen LogP contribution in [0.2, 0.25) is 10.0 Å². The number of nitrogens with zero attached hydrogens (tertiary/aromatic N) is 3. The van der Waals surface area contributed by atoms with Crippen LogP contribution in [0.1, 0.15) is 11.4 Å². The number of rotatable bonds is 3. The van der Waals surface area contributed by atoms with Crippen molar-refractivity contribution in [2.45, 2.75) is 13.8 Å². The molecular formula is C20H16Cl2N4. The highest BCUT2D eigenvalue weighted by atomic mass is 35.5. The molecule has 6 heteroatoms. The van der Waals surface area contributed by atoms with Crippen LogP contribution in [0.4, 0.5) is 11.5 Å². The predicted molar refractivity (Wildman–Crippen MR) is 108 cm³/mol. The molecule has 0 aliphatic rings. The quantitative estimate of drug-likeness (QED) is 0.467. The molecule has 2 aromatic carbocycles. The first-order chi connectivity index (χ1) is 12.5. The van der Waals surface area contributed by atoms with E-state index < -0.39 is 0 Å². The van der Waals surface area contributed by atoms with Crippen molar-refractivity contribution in [2.75, 3.05) is 5.32 Å². The summed E-state index contributed by atoms with van der Waals surface area (Å²) in [6, 6.07) is 17.5. The highest BCUT2D eigenvalue weighted by Crippen LogP contribution is 2.31. The van der Waals surface area contributed by atoms with E-state index in [1.165, 1.54) is 0 Å². The van der Waals surface area contributed by atoms with Crippen LogP contribution in [0.3, 0.4) is 0 Å². The van der Waals surface area contributed by atoms with Gasteiger partial charge in [0.1, 0.15) is 5.82 Å². The fraction of sp³-hybridized carbons (Fsp3) is 0.100. The third-order valence-corrected chi connectivity index (χ3v) is 4.53. The number of halogens is 2. The molecule has 0 atom stereocenters. The molecule has 1 N–H and O–H groups in total. The third-order valence-electron chi connectivity index (χ3n) is 4.09. The topological polar surface area (TPSA) is 42.2 Å². The summed E-state index contributed by atoms with van der Waals surface area (Å²) in [6.07, 6.45) is 0. The van der Waals surface area contributed by atoms with E-state index >= 15 is 0 Å². The Morgan fingerprint density at radius 3 is 2.31 bits per heavy atom. The maximum absolute atomic E-state index is 6.12. The summed E-state index contributed by atoms with van der Waals surface area (Å²) < 4.78 is 1.82. The molecule has 0 aliphatic carbocycles. The summed E-state index contributed by atoms with van der Waals surface area (Å²) in [4.78, 5) is 4.72. The van der Waals surface area contributed by atoms with Gasteiger partial charge in [-0.3, -0.25) is 0 Å². The summed E-state index contributed by atoms with van der Waals surface area (Å²) >= 11 is 12.2. The summed E-state index contributed by atoms with van der Waals surface area (Å²) in [6.45, 7) is 3.96. The van der Waals surface area contributed by atoms with Gasteiger partial charge in [0.05, 0.1) is 5.69 Å². The second-order valence-corrected chi connectivity index (χ2v) is 7.00. The largest absolute Gasteiger partial charge is 0.340 e. The highest BCUT2D eigenvalue weighted by Gasteiger charge is 2.16. The third kappa shape index (κ3) is 3.14. The molecule has 0 bridgehead atoms. The van der Waals surface area contributed by atoms with Gasteiger partial charge in [-0.15, -0.1) is 0 Å². The Morgan fingerprint density at radius 2 is 1.62 bits per heavy atom. The van der Waals surface area contributed by atoms with Crippen molar-refractivity contribution in [3.63, 3.8) is 0 Å². The van der Waals surface area contributed by atoms with Crippen LogP contribution in [0.25, 0.3) is 16.8 Å². The van der Waals surface area contributed by atoms with Crippen LogP contribution in [0.15, 0.2) is 54.6 Å². The number of benzene rings is 2. The lowest BCUT2D eigenvalue weighted by molar-refractivity contribution is 0.917. The second-order valence-electron chi connectivity index (χ2n) is 6.13. The standard InChI is InChI=1S/C20H16Cl2N4/c1-12-8-18(24-17-10-15(21)9-16(22)11-17)26-20(23-12)19(13(2)25-26)14-6-4-3-5-7-14/h3-11,24H,1-2H3. The first-order valence-electron chi connectivity index (χ1n) is 8.17. The molecule has 0 radical (unpaired) electrons. The molecule has 0 aliphatic heterocycles. The van der Waals surface area contributed by atoms with Crippen LogP contribution in [0.5, 0.6) is 0 Å². The lowest BCUT2D eigenvalue weighted by atomic mass is 10.1. The Hall–Kier alpha value is -2.56. The summed E-state index contributed by atoms with van der Waals surface area (Å²) in [7, 11) is 0. The van der Waals surface area contributed by atoms with Crippen LogP contribution >= 0.6 is 23.2 Å². The second kappa shape index (κ2) is 6.63. The zero-order valence-corrected chi connectivity index (χ0v) is 15.8. The van der Waals surface area contributed by atoms with Gasteiger partial charge in [0.25, 0.3) is 0 Å². The minimum atomic E-state index is 0.573. The zero-order chi connectivity index (χ0) is 18.3. The van der Waals surface area contributed by atoms with Crippen molar-refractivity contribution in [1.29, 1.82) is 0 Å². The molecule has 130 valence electrons. The minimum absolute atomic E-state index is 0.573. The molecule has 26 heavy (non-hydrogen) atoms. The smallest absolute Gasteiger partial charge is 0.165 e. The molecule has 0 fully saturated rings. The van der Waals surface area contributed by atoms with Gasteiger partial charge in [0, 0.05) is 33.1 Å². The van der Waals surface area contributed by atoms with Gasteiger partial charge in [-0.25, -0.2) is 4.98 Å². The van der Waals surface area contributed by atoms with Gasteiger partial charge in [0.15, 0.2) is 5.65 Å². The molecule has 0 unspecified atom stereocenters. The van der Waals surface area contributed by atoms with E-state index in [1.54, 1.807) is 6.07 Å². The number of aryl methyl sites for hydroxylation is 2. The normalized spacial score (nSPS) is 11.1. The van der Waals surface area contributed by atoms with Crippen LogP contribution < -0.4 is 5.32 Å². The first kappa shape index (κ1) is 16.9. The number of hydrogen-bond acceptors (Lipinski definition) is 3. The van der Waals surface area contributed by atoms with E-state index in [2.05, 4.69) is 17.4 Å². The molecule has 0 amide bonds. The Morgan fingerprint density at radius 1 is 0.923 bits per heavy atom. The van der Waals surface area contributed by atoms with E-state index in [1.807, 2.05) is 54.8 Å². The molecule has 0 saturated heterocycles. The van der Waals surface area contributed by atoms with Crippen molar-refractivity contribution in [3.05, 3.63) is 76.0 Å².